The summed E-state index contributed by atoms with van der Waals surface area (Å²) in [4.78, 5) is 5.99. The minimum Gasteiger partial charge on any atom is -0.360 e. The quantitative estimate of drug-likeness (QED) is 0.711. The molecule has 6 heteroatoms. The van der Waals surface area contributed by atoms with Crippen LogP contribution in [0, 0.1) is 13.8 Å². The summed E-state index contributed by atoms with van der Waals surface area (Å²) >= 11 is 7.66. The Hall–Kier alpha value is -1.69. The normalized spacial score (nSPS) is 12.5. The molecule has 0 bridgehead atoms. The molecule has 3 rings (SSSR count). The minimum absolute atomic E-state index is 0.144. The summed E-state index contributed by atoms with van der Waals surface area (Å²) in [6, 6.07) is 9.87. The molecule has 0 saturated carbocycles. The van der Waals surface area contributed by atoms with Crippen molar-refractivity contribution >= 4 is 22.9 Å². The van der Waals surface area contributed by atoms with E-state index in [-0.39, 0.29) is 6.04 Å². The number of hydrogen-bond donors (Lipinski definition) is 1. The summed E-state index contributed by atoms with van der Waals surface area (Å²) in [5.41, 5.74) is 3.00. The molecular weight excluding hydrogens is 330 g/mol. The van der Waals surface area contributed by atoms with Crippen LogP contribution in [0.1, 0.15) is 34.3 Å². The first kappa shape index (κ1) is 16.2. The second-order valence-electron chi connectivity index (χ2n) is 5.50. The maximum atomic E-state index is 5.95. The number of thiazole rings is 1. The van der Waals surface area contributed by atoms with Gasteiger partial charge in [-0.25, -0.2) is 4.98 Å². The topological polar surface area (TPSA) is 51.0 Å². The fraction of sp³-hybridized carbons (Fsp3) is 0.294. The average molecular weight is 348 g/mol. The third-order valence-electron chi connectivity index (χ3n) is 3.56. The predicted molar refractivity (Wildman–Crippen MR) is 93.8 cm³/mol. The summed E-state index contributed by atoms with van der Waals surface area (Å²) in [5, 5.41) is 9.11. The molecule has 0 saturated heterocycles. The Bertz CT molecular complexity index is 795. The van der Waals surface area contributed by atoms with Crippen molar-refractivity contribution in [3.8, 4) is 11.3 Å². The van der Waals surface area contributed by atoms with Gasteiger partial charge in [-0.2, -0.15) is 0 Å². The Morgan fingerprint density at radius 1 is 1.26 bits per heavy atom. The molecule has 3 aromatic rings. The highest BCUT2D eigenvalue weighted by Gasteiger charge is 2.15. The van der Waals surface area contributed by atoms with Crippen LogP contribution in [0.3, 0.4) is 0 Å². The van der Waals surface area contributed by atoms with Gasteiger partial charge >= 0.3 is 0 Å². The van der Waals surface area contributed by atoms with Crippen molar-refractivity contribution in [2.75, 3.05) is 0 Å². The molecule has 0 amide bonds. The SMILES string of the molecule is Cc1cc(CN[C@@H](C)c2nc(-c3ccc(Cl)cc3)c(C)s2)on1. The van der Waals surface area contributed by atoms with Gasteiger partial charge in [0.25, 0.3) is 0 Å². The molecule has 4 nitrogen and oxygen atoms in total. The minimum atomic E-state index is 0.144. The molecule has 0 fully saturated rings. The lowest BCUT2D eigenvalue weighted by molar-refractivity contribution is 0.363. The lowest BCUT2D eigenvalue weighted by Crippen LogP contribution is -2.17. The van der Waals surface area contributed by atoms with E-state index >= 15 is 0 Å². The Kier molecular flexibility index (Phi) is 4.80. The van der Waals surface area contributed by atoms with E-state index in [0.29, 0.717) is 6.54 Å². The first-order valence-corrected chi connectivity index (χ1v) is 8.61. The monoisotopic (exact) mass is 347 g/mol. The third-order valence-corrected chi connectivity index (χ3v) is 4.97. The molecule has 1 N–H and O–H groups in total. The molecule has 0 aliphatic heterocycles. The van der Waals surface area contributed by atoms with Crippen LogP contribution < -0.4 is 5.32 Å². The molecule has 120 valence electrons. The lowest BCUT2D eigenvalue weighted by atomic mass is 10.1. The van der Waals surface area contributed by atoms with Crippen molar-refractivity contribution < 1.29 is 4.52 Å². The largest absolute Gasteiger partial charge is 0.360 e. The zero-order chi connectivity index (χ0) is 16.4. The fourth-order valence-electron chi connectivity index (χ4n) is 2.32. The standard InChI is InChI=1S/C17H18ClN3OS/c1-10-8-15(22-21-10)9-19-11(2)17-20-16(12(3)23-17)13-4-6-14(18)7-5-13/h4-8,11,19H,9H2,1-3H3/t11-/m0/s1. The number of hydrogen-bond acceptors (Lipinski definition) is 5. The lowest BCUT2D eigenvalue weighted by Gasteiger charge is -2.08. The first-order chi connectivity index (χ1) is 11.0. The molecule has 0 aliphatic rings. The second kappa shape index (κ2) is 6.83. The van der Waals surface area contributed by atoms with Crippen molar-refractivity contribution in [2.24, 2.45) is 0 Å². The van der Waals surface area contributed by atoms with Crippen molar-refractivity contribution in [2.45, 2.75) is 33.4 Å². The van der Waals surface area contributed by atoms with E-state index in [2.05, 4.69) is 24.3 Å². The van der Waals surface area contributed by atoms with Gasteiger partial charge in [0, 0.05) is 21.5 Å². The van der Waals surface area contributed by atoms with E-state index in [1.165, 1.54) is 4.88 Å². The Morgan fingerprint density at radius 2 is 2.00 bits per heavy atom. The fourth-order valence-corrected chi connectivity index (χ4v) is 3.42. The maximum absolute atomic E-state index is 5.95. The summed E-state index contributed by atoms with van der Waals surface area (Å²) in [6.07, 6.45) is 0. The van der Waals surface area contributed by atoms with Gasteiger partial charge in [0.15, 0.2) is 5.76 Å². The van der Waals surface area contributed by atoms with Crippen LogP contribution in [0.25, 0.3) is 11.3 Å². The first-order valence-electron chi connectivity index (χ1n) is 7.42. The third kappa shape index (κ3) is 3.80. The molecule has 1 atom stereocenters. The number of rotatable bonds is 5. The van der Waals surface area contributed by atoms with Gasteiger partial charge in [-0.1, -0.05) is 28.9 Å². The van der Waals surface area contributed by atoms with Crippen molar-refractivity contribution in [3.05, 3.63) is 56.7 Å². The zero-order valence-corrected chi connectivity index (χ0v) is 14.8. The molecule has 1 aromatic carbocycles. The van der Waals surface area contributed by atoms with Crippen LogP contribution in [-0.4, -0.2) is 10.1 Å². The summed E-state index contributed by atoms with van der Waals surface area (Å²) < 4.78 is 5.22. The highest BCUT2D eigenvalue weighted by atomic mass is 35.5. The van der Waals surface area contributed by atoms with Crippen LogP contribution in [-0.2, 0) is 6.54 Å². The number of nitrogens with one attached hydrogen (secondary N) is 1. The number of aromatic nitrogens is 2. The molecule has 0 spiro atoms. The summed E-state index contributed by atoms with van der Waals surface area (Å²) in [5.74, 6) is 0.834. The van der Waals surface area contributed by atoms with Gasteiger partial charge < -0.3 is 9.84 Å². The smallest absolute Gasteiger partial charge is 0.150 e. The Labute approximate surface area is 144 Å². The Balaban J connectivity index is 1.73. The molecule has 0 radical (unpaired) electrons. The van der Waals surface area contributed by atoms with E-state index < -0.39 is 0 Å². The molecule has 2 aromatic heterocycles. The summed E-state index contributed by atoms with van der Waals surface area (Å²) in [6.45, 7) is 6.75. The van der Waals surface area contributed by atoms with E-state index in [4.69, 9.17) is 21.1 Å². The summed E-state index contributed by atoms with van der Waals surface area (Å²) in [7, 11) is 0. The number of halogens is 1. The van der Waals surface area contributed by atoms with Gasteiger partial charge in [0.2, 0.25) is 0 Å². The van der Waals surface area contributed by atoms with Gasteiger partial charge in [0.05, 0.1) is 24.0 Å². The molecule has 0 aliphatic carbocycles. The second-order valence-corrected chi connectivity index (χ2v) is 7.17. The number of aryl methyl sites for hydroxylation is 2. The highest BCUT2D eigenvalue weighted by molar-refractivity contribution is 7.12. The zero-order valence-electron chi connectivity index (χ0n) is 13.3. The van der Waals surface area contributed by atoms with Crippen LogP contribution >= 0.6 is 22.9 Å². The highest BCUT2D eigenvalue weighted by Crippen LogP contribution is 2.31. The van der Waals surface area contributed by atoms with E-state index in [9.17, 15) is 0 Å². The molecule has 23 heavy (non-hydrogen) atoms. The molecular formula is C17H18ClN3OS. The van der Waals surface area contributed by atoms with Gasteiger partial charge in [-0.15, -0.1) is 11.3 Å². The van der Waals surface area contributed by atoms with Gasteiger partial charge in [-0.05, 0) is 32.9 Å². The van der Waals surface area contributed by atoms with Gasteiger partial charge in [0.1, 0.15) is 5.01 Å². The Morgan fingerprint density at radius 3 is 2.65 bits per heavy atom. The number of nitrogens with zero attached hydrogens (tertiary/aromatic N) is 2. The number of benzene rings is 1. The van der Waals surface area contributed by atoms with Crippen LogP contribution in [0.5, 0.6) is 0 Å². The van der Waals surface area contributed by atoms with Crippen LogP contribution in [0.4, 0.5) is 0 Å². The van der Waals surface area contributed by atoms with E-state index in [0.717, 1.165) is 32.7 Å². The van der Waals surface area contributed by atoms with Crippen molar-refractivity contribution in [1.29, 1.82) is 0 Å². The van der Waals surface area contributed by atoms with E-state index in [1.54, 1.807) is 11.3 Å². The van der Waals surface area contributed by atoms with Gasteiger partial charge in [-0.3, -0.25) is 0 Å². The predicted octanol–water partition coefficient (Wildman–Crippen LogP) is 4.92. The van der Waals surface area contributed by atoms with Crippen molar-refractivity contribution in [1.82, 2.24) is 15.5 Å². The van der Waals surface area contributed by atoms with E-state index in [1.807, 2.05) is 37.3 Å². The average Bonchev–Trinajstić information content (AvgIpc) is 3.12. The maximum Gasteiger partial charge on any atom is 0.150 e. The molecule has 2 heterocycles. The molecule has 0 unspecified atom stereocenters. The van der Waals surface area contributed by atoms with Crippen LogP contribution in [0.2, 0.25) is 5.02 Å². The van der Waals surface area contributed by atoms with Crippen LogP contribution in [0.15, 0.2) is 34.9 Å². The van der Waals surface area contributed by atoms with Crippen molar-refractivity contribution in [3.63, 3.8) is 0 Å².